The van der Waals surface area contributed by atoms with Crippen molar-refractivity contribution in [2.24, 2.45) is 5.73 Å². The number of hydrogen-bond acceptors (Lipinski definition) is 4. The van der Waals surface area contributed by atoms with Gasteiger partial charge >= 0.3 is 0 Å². The molecule has 0 spiro atoms. The van der Waals surface area contributed by atoms with Gasteiger partial charge in [-0.1, -0.05) is 0 Å². The molecular weight excluding hydrogens is 222 g/mol. The zero-order valence-electron chi connectivity index (χ0n) is 9.76. The van der Waals surface area contributed by atoms with E-state index in [1.807, 2.05) is 0 Å². The van der Waals surface area contributed by atoms with Gasteiger partial charge in [-0.25, -0.2) is 0 Å². The smallest absolute Gasteiger partial charge is 0.240 e. The molecule has 0 bridgehead atoms. The lowest BCUT2D eigenvalue weighted by Gasteiger charge is -2.23. The van der Waals surface area contributed by atoms with Gasteiger partial charge in [0.05, 0.1) is 6.10 Å². The predicted octanol–water partition coefficient (Wildman–Crippen LogP) is -1.42. The molecule has 3 atom stereocenters. The minimum absolute atomic E-state index is 0.0928. The average molecular weight is 241 g/mol. The molecule has 2 amide bonds. The van der Waals surface area contributed by atoms with Crippen LogP contribution in [0.25, 0.3) is 0 Å². The van der Waals surface area contributed by atoms with E-state index >= 15 is 0 Å². The van der Waals surface area contributed by atoms with Gasteiger partial charge < -0.3 is 21.1 Å². The molecule has 3 unspecified atom stereocenters. The molecule has 17 heavy (non-hydrogen) atoms. The van der Waals surface area contributed by atoms with Crippen LogP contribution in [0.1, 0.15) is 25.7 Å². The number of aliphatic hydroxyl groups is 1. The molecule has 6 nitrogen and oxygen atoms in total. The monoisotopic (exact) mass is 241 g/mol. The summed E-state index contributed by atoms with van der Waals surface area (Å²) in [5, 5.41) is 12.8. The van der Waals surface area contributed by atoms with Crippen LogP contribution in [0.15, 0.2) is 0 Å². The Hall–Kier alpha value is -1.14. The largest absolute Gasteiger partial charge is 0.391 e. The lowest BCUT2D eigenvalue weighted by atomic mass is 10.1. The summed E-state index contributed by atoms with van der Waals surface area (Å²) >= 11 is 0. The van der Waals surface area contributed by atoms with Crippen molar-refractivity contribution in [2.75, 3.05) is 13.1 Å². The molecule has 2 aliphatic heterocycles. The van der Waals surface area contributed by atoms with E-state index in [-0.39, 0.29) is 24.9 Å². The molecule has 0 aromatic rings. The molecule has 2 rings (SSSR count). The third-order valence-electron chi connectivity index (χ3n) is 3.51. The van der Waals surface area contributed by atoms with Crippen LogP contribution in [0.4, 0.5) is 0 Å². The van der Waals surface area contributed by atoms with Crippen molar-refractivity contribution in [1.82, 2.24) is 10.2 Å². The van der Waals surface area contributed by atoms with Crippen molar-refractivity contribution >= 4 is 11.8 Å². The van der Waals surface area contributed by atoms with Crippen LogP contribution in [0.5, 0.6) is 0 Å². The Balaban J connectivity index is 1.94. The first kappa shape index (κ1) is 12.3. The molecule has 2 fully saturated rings. The van der Waals surface area contributed by atoms with Gasteiger partial charge in [0.1, 0.15) is 6.04 Å². The van der Waals surface area contributed by atoms with Crippen molar-refractivity contribution in [3.8, 4) is 0 Å². The summed E-state index contributed by atoms with van der Waals surface area (Å²) in [7, 11) is 0. The van der Waals surface area contributed by atoms with Crippen molar-refractivity contribution in [2.45, 2.75) is 43.9 Å². The van der Waals surface area contributed by atoms with Crippen molar-refractivity contribution in [3.63, 3.8) is 0 Å². The number of primary amides is 1. The number of nitrogens with one attached hydrogen (secondary N) is 1. The summed E-state index contributed by atoms with van der Waals surface area (Å²) in [6, 6.07) is -0.437. The lowest BCUT2D eigenvalue weighted by Crippen LogP contribution is -2.45. The van der Waals surface area contributed by atoms with Crippen LogP contribution in [0.3, 0.4) is 0 Å². The maximum Gasteiger partial charge on any atom is 0.240 e. The van der Waals surface area contributed by atoms with Gasteiger partial charge in [-0.3, -0.25) is 9.59 Å². The summed E-state index contributed by atoms with van der Waals surface area (Å²) < 4.78 is 0. The number of likely N-dealkylation sites (tertiary alicyclic amines) is 1. The Morgan fingerprint density at radius 1 is 1.47 bits per heavy atom. The Morgan fingerprint density at radius 3 is 2.82 bits per heavy atom. The van der Waals surface area contributed by atoms with Crippen LogP contribution < -0.4 is 11.1 Å². The molecule has 2 aliphatic rings. The lowest BCUT2D eigenvalue weighted by molar-refractivity contribution is -0.137. The molecule has 0 aromatic carbocycles. The van der Waals surface area contributed by atoms with Gasteiger partial charge in [-0.2, -0.15) is 0 Å². The number of hydrogen-bond donors (Lipinski definition) is 3. The molecule has 0 radical (unpaired) electrons. The van der Waals surface area contributed by atoms with Crippen molar-refractivity contribution in [1.29, 1.82) is 0 Å². The first-order valence-electron chi connectivity index (χ1n) is 6.08. The van der Waals surface area contributed by atoms with Gasteiger partial charge in [0.15, 0.2) is 0 Å². The van der Waals surface area contributed by atoms with Crippen molar-refractivity contribution in [3.05, 3.63) is 0 Å². The molecule has 2 heterocycles. The zero-order valence-corrected chi connectivity index (χ0v) is 9.76. The highest BCUT2D eigenvalue weighted by Crippen LogP contribution is 2.20. The van der Waals surface area contributed by atoms with E-state index in [1.165, 1.54) is 4.90 Å². The maximum atomic E-state index is 12.0. The third-order valence-corrected chi connectivity index (χ3v) is 3.51. The van der Waals surface area contributed by atoms with E-state index in [2.05, 4.69) is 5.32 Å². The first-order chi connectivity index (χ1) is 8.08. The Morgan fingerprint density at radius 2 is 2.24 bits per heavy atom. The fraction of sp³-hybridized carbons (Fsp3) is 0.818. The molecule has 2 saturated heterocycles. The summed E-state index contributed by atoms with van der Waals surface area (Å²) in [4.78, 5) is 24.7. The van der Waals surface area contributed by atoms with Gasteiger partial charge in [-0.05, 0) is 19.4 Å². The number of carbonyl (C=O) groups excluding carboxylic acids is 2. The van der Waals surface area contributed by atoms with Crippen LogP contribution in [0.2, 0.25) is 0 Å². The van der Waals surface area contributed by atoms with Gasteiger partial charge in [0.2, 0.25) is 11.8 Å². The van der Waals surface area contributed by atoms with E-state index < -0.39 is 18.1 Å². The summed E-state index contributed by atoms with van der Waals surface area (Å²) in [5.74, 6) is -0.626. The van der Waals surface area contributed by atoms with Gasteiger partial charge in [0.25, 0.3) is 0 Å². The van der Waals surface area contributed by atoms with E-state index in [4.69, 9.17) is 5.73 Å². The van der Waals surface area contributed by atoms with Gasteiger partial charge in [0, 0.05) is 25.4 Å². The molecule has 6 heteroatoms. The number of aliphatic hydroxyl groups excluding tert-OH is 1. The second-order valence-electron chi connectivity index (χ2n) is 4.85. The Kier molecular flexibility index (Phi) is 3.63. The number of nitrogens with two attached hydrogens (primary N) is 1. The normalized spacial score (nSPS) is 33.0. The SMILES string of the molecule is NC(=O)C1CC(O)CN1C(=O)CC1CCCN1. The fourth-order valence-electron chi connectivity index (χ4n) is 2.62. The average Bonchev–Trinajstić information content (AvgIpc) is 2.86. The minimum atomic E-state index is -0.640. The van der Waals surface area contributed by atoms with E-state index in [1.54, 1.807) is 0 Å². The quantitative estimate of drug-likeness (QED) is 0.565. The van der Waals surface area contributed by atoms with E-state index in [9.17, 15) is 14.7 Å². The molecule has 96 valence electrons. The van der Waals surface area contributed by atoms with Crippen LogP contribution >= 0.6 is 0 Å². The number of β-amino-alcohol motifs (C(OH)–C–C–N with tert-alkyl or cyclic N) is 1. The summed E-state index contributed by atoms with van der Waals surface area (Å²) in [6.07, 6.45) is 2.09. The second kappa shape index (κ2) is 5.01. The molecule has 4 N–H and O–H groups in total. The van der Waals surface area contributed by atoms with E-state index in [0.29, 0.717) is 6.42 Å². The predicted molar refractivity (Wildman–Crippen MR) is 61.0 cm³/mol. The molecule has 0 saturated carbocycles. The number of carbonyl (C=O) groups is 2. The minimum Gasteiger partial charge on any atom is -0.391 e. The van der Waals surface area contributed by atoms with Crippen LogP contribution in [-0.4, -0.2) is 53.1 Å². The molecule has 0 aromatic heterocycles. The first-order valence-corrected chi connectivity index (χ1v) is 6.08. The van der Waals surface area contributed by atoms with Crippen molar-refractivity contribution < 1.29 is 14.7 Å². The third kappa shape index (κ3) is 2.76. The molecule has 0 aliphatic carbocycles. The molecular formula is C11H19N3O3. The summed E-state index contributed by atoms with van der Waals surface area (Å²) in [6.45, 7) is 1.17. The second-order valence-corrected chi connectivity index (χ2v) is 4.85. The highest BCUT2D eigenvalue weighted by atomic mass is 16.3. The Bertz CT molecular complexity index is 315. The topological polar surface area (TPSA) is 95.7 Å². The van der Waals surface area contributed by atoms with Crippen LogP contribution in [0, 0.1) is 0 Å². The fourth-order valence-corrected chi connectivity index (χ4v) is 2.62. The zero-order chi connectivity index (χ0) is 12.4. The highest BCUT2D eigenvalue weighted by molar-refractivity contribution is 5.87. The number of nitrogens with zero attached hydrogens (tertiary/aromatic N) is 1. The van der Waals surface area contributed by atoms with Crippen LogP contribution in [-0.2, 0) is 9.59 Å². The number of rotatable bonds is 3. The summed E-state index contributed by atoms with van der Waals surface area (Å²) in [5.41, 5.74) is 5.24. The van der Waals surface area contributed by atoms with Gasteiger partial charge in [-0.15, -0.1) is 0 Å². The standard InChI is InChI=1S/C11H19N3O3/c12-11(17)9-5-8(15)6-14(9)10(16)4-7-2-1-3-13-7/h7-9,13,15H,1-6H2,(H2,12,17). The Labute approximate surface area is 100 Å². The van der Waals surface area contributed by atoms with E-state index in [0.717, 1.165) is 19.4 Å². The highest BCUT2D eigenvalue weighted by Gasteiger charge is 2.38. The number of amides is 2. The maximum absolute atomic E-state index is 12.0.